The SMILES string of the molecule is C[C@@H]1CN(C(=O)[C@]23C[C@H](NC(=O)OCC4c5ccccc5-c5ccccc54)C[C@H]2C3)C[C@H]1C(=O)O. The van der Waals surface area contributed by atoms with Crippen LogP contribution in [-0.2, 0) is 14.3 Å². The van der Waals surface area contributed by atoms with Crippen molar-refractivity contribution < 1.29 is 24.2 Å². The van der Waals surface area contributed by atoms with E-state index in [2.05, 4.69) is 29.6 Å². The molecule has 2 N–H and O–H groups in total. The molecule has 182 valence electrons. The summed E-state index contributed by atoms with van der Waals surface area (Å²) in [6, 6.07) is 16.4. The third-order valence-electron chi connectivity index (χ3n) is 8.72. The number of nitrogens with one attached hydrogen (secondary N) is 1. The highest BCUT2D eigenvalue weighted by atomic mass is 16.5. The van der Waals surface area contributed by atoms with Crippen LogP contribution in [0.3, 0.4) is 0 Å². The second-order valence-electron chi connectivity index (χ2n) is 10.8. The minimum atomic E-state index is -0.834. The fourth-order valence-electron chi connectivity index (χ4n) is 6.84. The van der Waals surface area contributed by atoms with Gasteiger partial charge in [0.25, 0.3) is 0 Å². The van der Waals surface area contributed by atoms with Crippen LogP contribution in [-0.4, -0.2) is 53.7 Å². The lowest BCUT2D eigenvalue weighted by molar-refractivity contribution is -0.142. The highest BCUT2D eigenvalue weighted by molar-refractivity contribution is 5.88. The first-order valence-corrected chi connectivity index (χ1v) is 12.5. The van der Waals surface area contributed by atoms with E-state index in [0.717, 1.165) is 12.8 Å². The number of aliphatic carboxylic acids is 1. The number of alkyl carbamates (subject to hydrolysis) is 1. The van der Waals surface area contributed by atoms with Gasteiger partial charge in [0.1, 0.15) is 6.61 Å². The van der Waals surface area contributed by atoms with Crippen molar-refractivity contribution in [3.8, 4) is 11.1 Å². The van der Waals surface area contributed by atoms with Gasteiger partial charge in [0.15, 0.2) is 0 Å². The smallest absolute Gasteiger partial charge is 0.407 e. The molecular weight excluding hydrogens is 444 g/mol. The average Bonchev–Trinajstić information content (AvgIpc) is 3.12. The number of benzene rings is 2. The normalized spacial score (nSPS) is 30.4. The average molecular weight is 475 g/mol. The number of likely N-dealkylation sites (tertiary alicyclic amines) is 1. The Morgan fingerprint density at radius 2 is 1.69 bits per heavy atom. The maximum Gasteiger partial charge on any atom is 0.407 e. The molecular formula is C28H30N2O5. The van der Waals surface area contributed by atoms with Crippen molar-refractivity contribution in [2.75, 3.05) is 19.7 Å². The molecule has 35 heavy (non-hydrogen) atoms. The summed E-state index contributed by atoms with van der Waals surface area (Å²) in [4.78, 5) is 39.2. The lowest BCUT2D eigenvalue weighted by Gasteiger charge is -2.23. The van der Waals surface area contributed by atoms with Crippen molar-refractivity contribution in [3.63, 3.8) is 0 Å². The van der Waals surface area contributed by atoms with Gasteiger partial charge in [-0.25, -0.2) is 4.79 Å². The van der Waals surface area contributed by atoms with Gasteiger partial charge in [-0.1, -0.05) is 55.5 Å². The minimum absolute atomic E-state index is 0.0115. The van der Waals surface area contributed by atoms with Crippen LogP contribution < -0.4 is 5.32 Å². The van der Waals surface area contributed by atoms with Gasteiger partial charge in [0, 0.05) is 25.0 Å². The number of hydrogen-bond donors (Lipinski definition) is 2. The molecule has 0 aromatic heterocycles. The Morgan fingerprint density at radius 1 is 1.03 bits per heavy atom. The van der Waals surface area contributed by atoms with Crippen LogP contribution in [0, 0.1) is 23.2 Å². The van der Waals surface area contributed by atoms with Crippen molar-refractivity contribution in [3.05, 3.63) is 59.7 Å². The molecule has 2 aromatic carbocycles. The number of ether oxygens (including phenoxy) is 1. The van der Waals surface area contributed by atoms with E-state index in [-0.39, 0.29) is 42.9 Å². The Kier molecular flexibility index (Phi) is 5.13. The van der Waals surface area contributed by atoms with Crippen LogP contribution in [0.4, 0.5) is 4.79 Å². The molecule has 7 heteroatoms. The number of hydrogen-bond acceptors (Lipinski definition) is 4. The third-order valence-corrected chi connectivity index (χ3v) is 8.72. The molecule has 0 unspecified atom stereocenters. The predicted octanol–water partition coefficient (Wildman–Crippen LogP) is 3.87. The van der Waals surface area contributed by atoms with Gasteiger partial charge in [-0.2, -0.15) is 0 Å². The summed E-state index contributed by atoms with van der Waals surface area (Å²) in [6.45, 7) is 2.94. The van der Waals surface area contributed by atoms with E-state index < -0.39 is 23.4 Å². The first-order chi connectivity index (χ1) is 16.9. The highest BCUT2D eigenvalue weighted by Gasteiger charge is 2.66. The molecule has 6 rings (SSSR count). The maximum absolute atomic E-state index is 13.3. The van der Waals surface area contributed by atoms with Crippen molar-refractivity contribution >= 4 is 18.0 Å². The summed E-state index contributed by atoms with van der Waals surface area (Å²) >= 11 is 0. The zero-order valence-corrected chi connectivity index (χ0v) is 19.8. The number of amides is 2. The van der Waals surface area contributed by atoms with Gasteiger partial charge in [0.2, 0.25) is 5.91 Å². The van der Waals surface area contributed by atoms with Crippen molar-refractivity contribution in [1.29, 1.82) is 0 Å². The summed E-state index contributed by atoms with van der Waals surface area (Å²) in [5.74, 6) is -1.04. The molecule has 7 nitrogen and oxygen atoms in total. The summed E-state index contributed by atoms with van der Waals surface area (Å²) in [7, 11) is 0. The molecule has 3 aliphatic carbocycles. The molecule has 4 aliphatic rings. The molecule has 0 spiro atoms. The zero-order valence-electron chi connectivity index (χ0n) is 19.8. The van der Waals surface area contributed by atoms with E-state index in [9.17, 15) is 19.5 Å². The first kappa shape index (κ1) is 22.1. The van der Waals surface area contributed by atoms with E-state index in [4.69, 9.17) is 4.74 Å². The topological polar surface area (TPSA) is 95.9 Å². The van der Waals surface area contributed by atoms with Crippen molar-refractivity contribution in [1.82, 2.24) is 10.2 Å². The number of rotatable bonds is 5. The first-order valence-electron chi connectivity index (χ1n) is 12.5. The Hall–Kier alpha value is -3.35. The number of carboxylic acid groups (broad SMARTS) is 1. The standard InChI is InChI=1S/C28H30N2O5/c1-16-13-30(14-23(16)25(31)32)26(33)28-11-17(28)10-18(12-28)29-27(34)35-15-24-21-8-4-2-6-19(21)20-7-3-5-9-22(20)24/h2-9,16-18,23-24H,10-15H2,1H3,(H,29,34)(H,31,32)/t16-,17+,18-,23-,28-/m1/s1. The molecule has 3 fully saturated rings. The predicted molar refractivity (Wildman–Crippen MR) is 129 cm³/mol. The number of carbonyl (C=O) groups is 3. The molecule has 0 radical (unpaired) electrons. The second kappa shape index (κ2) is 8.11. The Bertz CT molecular complexity index is 1170. The summed E-state index contributed by atoms with van der Waals surface area (Å²) < 4.78 is 5.69. The van der Waals surface area contributed by atoms with Crippen molar-refractivity contribution in [2.45, 2.75) is 38.1 Å². The van der Waals surface area contributed by atoms with E-state index in [1.807, 2.05) is 31.2 Å². The number of nitrogens with zero attached hydrogens (tertiary/aromatic N) is 1. The van der Waals surface area contributed by atoms with Gasteiger partial charge in [-0.3, -0.25) is 9.59 Å². The van der Waals surface area contributed by atoms with Gasteiger partial charge >= 0.3 is 12.1 Å². The maximum atomic E-state index is 13.3. The van der Waals surface area contributed by atoms with Gasteiger partial charge in [-0.15, -0.1) is 0 Å². The Balaban J connectivity index is 1.06. The summed E-state index contributed by atoms with van der Waals surface area (Å²) in [5, 5.41) is 12.4. The van der Waals surface area contributed by atoms with E-state index in [1.54, 1.807) is 4.90 Å². The van der Waals surface area contributed by atoms with Crippen LogP contribution in [0.1, 0.15) is 43.2 Å². The van der Waals surface area contributed by atoms with E-state index in [0.29, 0.717) is 13.0 Å². The third kappa shape index (κ3) is 3.60. The molecule has 1 aliphatic heterocycles. The van der Waals surface area contributed by atoms with Gasteiger partial charge in [0.05, 0.1) is 11.3 Å². The number of carboxylic acids is 1. The van der Waals surface area contributed by atoms with Crippen LogP contribution >= 0.6 is 0 Å². The number of carbonyl (C=O) groups excluding carboxylic acids is 2. The Morgan fingerprint density at radius 3 is 2.31 bits per heavy atom. The molecule has 5 atom stereocenters. The van der Waals surface area contributed by atoms with Crippen LogP contribution in [0.5, 0.6) is 0 Å². The van der Waals surface area contributed by atoms with E-state index in [1.165, 1.54) is 22.3 Å². The van der Waals surface area contributed by atoms with E-state index >= 15 is 0 Å². The number of fused-ring (bicyclic) bond motifs is 4. The van der Waals surface area contributed by atoms with Crippen LogP contribution in [0.25, 0.3) is 11.1 Å². The lowest BCUT2D eigenvalue weighted by atomic mass is 9.98. The largest absolute Gasteiger partial charge is 0.481 e. The zero-order chi connectivity index (χ0) is 24.3. The van der Waals surface area contributed by atoms with Crippen LogP contribution in [0.2, 0.25) is 0 Å². The summed E-state index contributed by atoms with van der Waals surface area (Å²) in [6.07, 6.45) is 1.75. The molecule has 1 saturated heterocycles. The van der Waals surface area contributed by atoms with Gasteiger partial charge in [-0.05, 0) is 53.4 Å². The molecule has 0 bridgehead atoms. The molecule has 2 amide bonds. The molecule has 2 saturated carbocycles. The lowest BCUT2D eigenvalue weighted by Crippen LogP contribution is -2.39. The highest BCUT2D eigenvalue weighted by Crippen LogP contribution is 2.64. The Labute approximate surface area is 204 Å². The van der Waals surface area contributed by atoms with Gasteiger partial charge < -0.3 is 20.1 Å². The van der Waals surface area contributed by atoms with Crippen LogP contribution in [0.15, 0.2) is 48.5 Å². The fraction of sp³-hybridized carbons (Fsp3) is 0.464. The fourth-order valence-corrected chi connectivity index (χ4v) is 6.84. The monoisotopic (exact) mass is 474 g/mol. The summed E-state index contributed by atoms with van der Waals surface area (Å²) in [5.41, 5.74) is 4.29. The quantitative estimate of drug-likeness (QED) is 0.686. The second-order valence-corrected chi connectivity index (χ2v) is 10.8. The molecule has 2 aromatic rings. The molecule has 1 heterocycles. The minimum Gasteiger partial charge on any atom is -0.481 e. The van der Waals surface area contributed by atoms with Crippen molar-refractivity contribution in [2.24, 2.45) is 23.2 Å².